The summed E-state index contributed by atoms with van der Waals surface area (Å²) in [4.78, 5) is 8.18. The molecule has 0 saturated heterocycles. The van der Waals surface area contributed by atoms with E-state index in [0.717, 1.165) is 4.47 Å². The first-order valence-corrected chi connectivity index (χ1v) is 5.28. The molecule has 1 N–H and O–H groups in total. The van der Waals surface area contributed by atoms with Gasteiger partial charge in [-0.2, -0.15) is 10.1 Å². The second-order valence-electron chi connectivity index (χ2n) is 2.72. The lowest BCUT2D eigenvalue weighted by atomic mass is 10.5. The van der Waals surface area contributed by atoms with E-state index in [1.165, 1.54) is 6.20 Å². The standard InChI is InChI=1S/C8H7BrClN5/c1-11-8-12-3-6(10)7(14-8)15-4-5(9)2-13-15/h2-4H,1H3,(H,11,12,14). The first-order chi connectivity index (χ1) is 7.20. The van der Waals surface area contributed by atoms with E-state index in [0.29, 0.717) is 16.8 Å². The maximum Gasteiger partial charge on any atom is 0.224 e. The lowest BCUT2D eigenvalue weighted by Crippen LogP contribution is -2.03. The summed E-state index contributed by atoms with van der Waals surface area (Å²) in [6, 6.07) is 0. The van der Waals surface area contributed by atoms with Gasteiger partial charge in [-0.1, -0.05) is 11.6 Å². The van der Waals surface area contributed by atoms with Gasteiger partial charge in [-0.05, 0) is 15.9 Å². The summed E-state index contributed by atoms with van der Waals surface area (Å²) in [7, 11) is 1.74. The summed E-state index contributed by atoms with van der Waals surface area (Å²) in [5, 5.41) is 7.38. The predicted molar refractivity (Wildman–Crippen MR) is 61.4 cm³/mol. The molecule has 0 saturated carbocycles. The van der Waals surface area contributed by atoms with E-state index in [1.807, 2.05) is 0 Å². The number of aromatic nitrogens is 4. The quantitative estimate of drug-likeness (QED) is 0.919. The molecule has 0 atom stereocenters. The topological polar surface area (TPSA) is 55.6 Å². The fourth-order valence-corrected chi connectivity index (χ4v) is 1.52. The Bertz CT molecular complexity index is 484. The van der Waals surface area contributed by atoms with Crippen LogP contribution in [-0.4, -0.2) is 26.8 Å². The Kier molecular flexibility index (Phi) is 2.88. The number of rotatable bonds is 2. The van der Waals surface area contributed by atoms with Crippen molar-refractivity contribution < 1.29 is 0 Å². The van der Waals surface area contributed by atoms with Crippen LogP contribution in [0.3, 0.4) is 0 Å². The number of halogens is 2. The third kappa shape index (κ3) is 2.10. The van der Waals surface area contributed by atoms with Gasteiger partial charge in [0, 0.05) is 13.2 Å². The van der Waals surface area contributed by atoms with E-state index >= 15 is 0 Å². The van der Waals surface area contributed by atoms with Crippen molar-refractivity contribution in [1.82, 2.24) is 19.7 Å². The number of anilines is 1. The molecular weight excluding hydrogens is 281 g/mol. The van der Waals surface area contributed by atoms with Gasteiger partial charge in [0.25, 0.3) is 0 Å². The molecule has 2 aromatic rings. The van der Waals surface area contributed by atoms with Crippen molar-refractivity contribution in [2.75, 3.05) is 12.4 Å². The minimum atomic E-state index is 0.449. The van der Waals surface area contributed by atoms with Crippen LogP contribution in [0.5, 0.6) is 0 Å². The first-order valence-electron chi connectivity index (χ1n) is 4.11. The van der Waals surface area contributed by atoms with E-state index < -0.39 is 0 Å². The highest BCUT2D eigenvalue weighted by molar-refractivity contribution is 9.10. The Labute approximate surface area is 99.6 Å². The number of hydrogen-bond acceptors (Lipinski definition) is 4. The predicted octanol–water partition coefficient (Wildman–Crippen LogP) is 2.12. The van der Waals surface area contributed by atoms with Gasteiger partial charge < -0.3 is 5.32 Å². The van der Waals surface area contributed by atoms with Crippen molar-refractivity contribution in [2.45, 2.75) is 0 Å². The van der Waals surface area contributed by atoms with Crippen LogP contribution in [0.1, 0.15) is 0 Å². The van der Waals surface area contributed by atoms with Crippen LogP contribution in [0.15, 0.2) is 23.1 Å². The van der Waals surface area contributed by atoms with E-state index in [9.17, 15) is 0 Å². The molecule has 2 rings (SSSR count). The Morgan fingerprint density at radius 2 is 2.27 bits per heavy atom. The molecular formula is C8H7BrClN5. The smallest absolute Gasteiger partial charge is 0.224 e. The van der Waals surface area contributed by atoms with Crippen LogP contribution in [0, 0.1) is 0 Å². The lowest BCUT2D eigenvalue weighted by molar-refractivity contribution is 0.841. The molecule has 2 heterocycles. The highest BCUT2D eigenvalue weighted by atomic mass is 79.9. The van der Waals surface area contributed by atoms with Gasteiger partial charge in [-0.25, -0.2) is 9.67 Å². The summed E-state index contributed by atoms with van der Waals surface area (Å²) in [6.07, 6.45) is 4.97. The zero-order valence-corrected chi connectivity index (χ0v) is 10.1. The number of hydrogen-bond donors (Lipinski definition) is 1. The Morgan fingerprint density at radius 3 is 2.87 bits per heavy atom. The van der Waals surface area contributed by atoms with Gasteiger partial charge in [0.2, 0.25) is 5.95 Å². The van der Waals surface area contributed by atoms with E-state index in [-0.39, 0.29) is 0 Å². The van der Waals surface area contributed by atoms with Gasteiger partial charge in [-0.15, -0.1) is 0 Å². The van der Waals surface area contributed by atoms with Crippen molar-refractivity contribution >= 4 is 33.5 Å². The zero-order valence-electron chi connectivity index (χ0n) is 7.78. The van der Waals surface area contributed by atoms with Crippen molar-refractivity contribution in [2.24, 2.45) is 0 Å². The van der Waals surface area contributed by atoms with Gasteiger partial charge in [-0.3, -0.25) is 0 Å². The molecule has 0 aliphatic carbocycles. The minimum Gasteiger partial charge on any atom is -0.357 e. The monoisotopic (exact) mass is 287 g/mol. The average Bonchev–Trinajstić information content (AvgIpc) is 2.65. The summed E-state index contributed by atoms with van der Waals surface area (Å²) in [5.74, 6) is 1.04. The third-order valence-corrected chi connectivity index (χ3v) is 2.39. The van der Waals surface area contributed by atoms with Crippen LogP contribution >= 0.6 is 27.5 Å². The van der Waals surface area contributed by atoms with E-state index in [2.05, 4.69) is 36.3 Å². The van der Waals surface area contributed by atoms with E-state index in [4.69, 9.17) is 11.6 Å². The summed E-state index contributed by atoms with van der Waals surface area (Å²) in [6.45, 7) is 0. The zero-order chi connectivity index (χ0) is 10.8. The maximum atomic E-state index is 5.97. The highest BCUT2D eigenvalue weighted by Gasteiger charge is 2.07. The second kappa shape index (κ2) is 4.16. The third-order valence-electron chi connectivity index (χ3n) is 1.72. The van der Waals surface area contributed by atoms with Gasteiger partial charge in [0.1, 0.15) is 5.02 Å². The highest BCUT2D eigenvalue weighted by Crippen LogP contribution is 2.19. The molecule has 5 nitrogen and oxygen atoms in total. The van der Waals surface area contributed by atoms with Gasteiger partial charge in [0.15, 0.2) is 5.82 Å². The number of nitrogens with one attached hydrogen (secondary N) is 1. The van der Waals surface area contributed by atoms with Crippen molar-refractivity contribution in [3.63, 3.8) is 0 Å². The molecule has 0 unspecified atom stereocenters. The molecule has 78 valence electrons. The average molecular weight is 289 g/mol. The Morgan fingerprint density at radius 1 is 1.47 bits per heavy atom. The van der Waals surface area contributed by atoms with E-state index in [1.54, 1.807) is 24.1 Å². The Balaban J connectivity index is 2.51. The van der Waals surface area contributed by atoms with Gasteiger partial charge in [0.05, 0.1) is 16.9 Å². The van der Waals surface area contributed by atoms with Crippen LogP contribution in [0.25, 0.3) is 5.82 Å². The van der Waals surface area contributed by atoms with Crippen molar-refractivity contribution in [3.05, 3.63) is 28.1 Å². The Hall–Kier alpha value is -1.14. The molecule has 0 amide bonds. The molecule has 2 aromatic heterocycles. The lowest BCUT2D eigenvalue weighted by Gasteiger charge is -2.04. The summed E-state index contributed by atoms with van der Waals surface area (Å²) in [5.41, 5.74) is 0. The molecule has 0 bridgehead atoms. The van der Waals surface area contributed by atoms with Crippen molar-refractivity contribution in [1.29, 1.82) is 0 Å². The molecule has 0 fully saturated rings. The first kappa shape index (κ1) is 10.4. The number of nitrogens with zero attached hydrogens (tertiary/aromatic N) is 4. The molecule has 0 aromatic carbocycles. The molecule has 15 heavy (non-hydrogen) atoms. The molecule has 0 radical (unpaired) electrons. The molecule has 7 heteroatoms. The van der Waals surface area contributed by atoms with Crippen molar-refractivity contribution in [3.8, 4) is 5.82 Å². The van der Waals surface area contributed by atoms with Crippen LogP contribution in [0.2, 0.25) is 5.02 Å². The van der Waals surface area contributed by atoms with Crippen LogP contribution in [-0.2, 0) is 0 Å². The largest absolute Gasteiger partial charge is 0.357 e. The SMILES string of the molecule is CNc1ncc(Cl)c(-n2cc(Br)cn2)n1. The molecule has 0 aliphatic heterocycles. The second-order valence-corrected chi connectivity index (χ2v) is 4.04. The van der Waals surface area contributed by atoms with Crippen LogP contribution in [0.4, 0.5) is 5.95 Å². The van der Waals surface area contributed by atoms with Crippen LogP contribution < -0.4 is 5.32 Å². The fraction of sp³-hybridized carbons (Fsp3) is 0.125. The maximum absolute atomic E-state index is 5.97. The minimum absolute atomic E-state index is 0.449. The van der Waals surface area contributed by atoms with Gasteiger partial charge >= 0.3 is 0 Å². The normalized spacial score (nSPS) is 10.3. The summed E-state index contributed by atoms with van der Waals surface area (Å²) < 4.78 is 2.44. The fourth-order valence-electron chi connectivity index (χ4n) is 1.06. The summed E-state index contributed by atoms with van der Waals surface area (Å²) >= 11 is 9.27. The molecule has 0 aliphatic rings. The molecule has 0 spiro atoms.